The topological polar surface area (TPSA) is 84.1 Å². The summed E-state index contributed by atoms with van der Waals surface area (Å²) in [5, 5.41) is 11.0. The molecular weight excluding hydrogens is 499 g/mol. The second-order valence-electron chi connectivity index (χ2n) is 9.56. The maximum atomic E-state index is 13.8. The first-order valence-corrected chi connectivity index (χ1v) is 12.6. The van der Waals surface area contributed by atoms with Crippen molar-refractivity contribution in [3.63, 3.8) is 0 Å². The van der Waals surface area contributed by atoms with Gasteiger partial charge >= 0.3 is 0 Å². The molecule has 3 aromatic rings. The van der Waals surface area contributed by atoms with Crippen LogP contribution < -0.4 is 10.2 Å². The highest BCUT2D eigenvalue weighted by molar-refractivity contribution is 5.80. The maximum absolute atomic E-state index is 13.8. The second-order valence-corrected chi connectivity index (χ2v) is 9.56. The van der Waals surface area contributed by atoms with Gasteiger partial charge in [-0.3, -0.25) is 4.84 Å². The molecule has 8 nitrogen and oxygen atoms in total. The number of guanidine groups is 1. The monoisotopic (exact) mass is 529 g/mol. The third kappa shape index (κ3) is 4.95. The van der Waals surface area contributed by atoms with Gasteiger partial charge in [0.2, 0.25) is 5.96 Å². The number of halogens is 3. The Bertz CT molecular complexity index is 1340. The molecule has 2 aromatic carbocycles. The predicted molar refractivity (Wildman–Crippen MR) is 134 cm³/mol. The van der Waals surface area contributed by atoms with E-state index in [-0.39, 0.29) is 18.2 Å². The number of hydroxylamine groups is 1. The third-order valence-corrected chi connectivity index (χ3v) is 7.02. The van der Waals surface area contributed by atoms with Gasteiger partial charge in [-0.15, -0.1) is 0 Å². The van der Waals surface area contributed by atoms with E-state index in [1.165, 1.54) is 0 Å². The molecule has 1 aromatic heterocycles. The third-order valence-electron chi connectivity index (χ3n) is 7.02. The molecule has 38 heavy (non-hydrogen) atoms. The highest BCUT2D eigenvalue weighted by atomic mass is 19.2. The smallest absolute Gasteiger partial charge is 0.219 e. The molecule has 1 fully saturated rings. The largest absolute Gasteiger partial charge is 0.495 e. The molecule has 0 saturated carbocycles. The minimum absolute atomic E-state index is 0.192. The van der Waals surface area contributed by atoms with Gasteiger partial charge < -0.3 is 19.3 Å². The molecular formula is C27H30F3N5O3. The summed E-state index contributed by atoms with van der Waals surface area (Å²) >= 11 is 0. The molecule has 0 spiro atoms. The zero-order valence-corrected chi connectivity index (χ0v) is 21.4. The van der Waals surface area contributed by atoms with Crippen molar-refractivity contribution in [3.05, 3.63) is 76.6 Å². The van der Waals surface area contributed by atoms with Gasteiger partial charge in [-0.1, -0.05) is 6.92 Å². The van der Waals surface area contributed by atoms with Crippen LogP contribution in [0.4, 0.5) is 13.2 Å². The van der Waals surface area contributed by atoms with Crippen molar-refractivity contribution in [2.75, 3.05) is 20.2 Å². The van der Waals surface area contributed by atoms with E-state index >= 15 is 0 Å². The fraction of sp³-hybridized carbons (Fsp3) is 0.407. The van der Waals surface area contributed by atoms with E-state index in [0.29, 0.717) is 31.1 Å². The Morgan fingerprint density at radius 1 is 1.21 bits per heavy atom. The maximum Gasteiger partial charge on any atom is 0.219 e. The summed E-state index contributed by atoms with van der Waals surface area (Å²) in [7, 11) is 1.60. The van der Waals surface area contributed by atoms with E-state index in [9.17, 15) is 18.3 Å². The fourth-order valence-corrected chi connectivity index (χ4v) is 4.98. The van der Waals surface area contributed by atoms with Crippen LogP contribution in [0.5, 0.6) is 5.75 Å². The van der Waals surface area contributed by atoms with E-state index in [0.717, 1.165) is 41.1 Å². The molecule has 2 aliphatic rings. The van der Waals surface area contributed by atoms with Gasteiger partial charge in [0.15, 0.2) is 17.5 Å². The van der Waals surface area contributed by atoms with Crippen LogP contribution in [0.25, 0.3) is 5.69 Å². The molecule has 0 radical (unpaired) electrons. The number of aliphatic hydroxyl groups excluding tert-OH is 1. The number of nitrogens with zero attached hydrogens (tertiary/aromatic N) is 4. The van der Waals surface area contributed by atoms with Crippen LogP contribution in [-0.2, 0) is 4.84 Å². The number of aliphatic imine (C=N–C) groups is 1. The molecule has 0 bridgehead atoms. The zero-order chi connectivity index (χ0) is 27.0. The highest BCUT2D eigenvalue weighted by Crippen LogP contribution is 2.39. The number of aryl methyl sites for hydroxylation is 1. The number of aliphatic hydroxyl groups is 1. The van der Waals surface area contributed by atoms with Crippen molar-refractivity contribution in [2.24, 2.45) is 4.99 Å². The Labute approximate surface area is 218 Å². The lowest BCUT2D eigenvalue weighted by molar-refractivity contribution is -0.0351. The van der Waals surface area contributed by atoms with Crippen LogP contribution in [0.3, 0.4) is 0 Å². The fourth-order valence-electron chi connectivity index (χ4n) is 4.98. The van der Waals surface area contributed by atoms with E-state index in [4.69, 9.17) is 14.6 Å². The van der Waals surface area contributed by atoms with Crippen LogP contribution in [0, 0.1) is 24.4 Å². The first-order valence-electron chi connectivity index (χ1n) is 12.6. The molecule has 3 unspecified atom stereocenters. The van der Waals surface area contributed by atoms with Crippen LogP contribution in [0.2, 0.25) is 0 Å². The van der Waals surface area contributed by atoms with E-state index < -0.39 is 29.7 Å². The molecule has 3 atom stereocenters. The molecule has 0 amide bonds. The van der Waals surface area contributed by atoms with E-state index in [1.807, 2.05) is 41.6 Å². The van der Waals surface area contributed by atoms with Crippen molar-refractivity contribution < 1.29 is 27.9 Å². The lowest BCUT2D eigenvalue weighted by Gasteiger charge is -2.35. The van der Waals surface area contributed by atoms with Gasteiger partial charge in [-0.05, 0) is 67.1 Å². The van der Waals surface area contributed by atoms with Crippen molar-refractivity contribution in [1.29, 1.82) is 0 Å². The summed E-state index contributed by atoms with van der Waals surface area (Å²) < 4.78 is 48.6. The number of ether oxygens (including phenoxy) is 1. The number of rotatable bonds is 6. The highest BCUT2D eigenvalue weighted by Gasteiger charge is 2.32. The Kier molecular flexibility index (Phi) is 7.31. The number of hydrogen-bond acceptors (Lipinski definition) is 7. The van der Waals surface area contributed by atoms with Gasteiger partial charge in [0.25, 0.3) is 0 Å². The normalized spacial score (nSPS) is 20.3. The number of aromatic nitrogens is 2. The predicted octanol–water partition coefficient (Wildman–Crippen LogP) is 4.82. The number of imidazole rings is 1. The molecule has 11 heteroatoms. The standard InChI is InChI=1S/C27H30F3N5O3/c1-4-23(36)18-10-22(35-12-15(2)31-14-35)24(37-3)11-17(18)21-6-5-7-34-13-25(38-33-27(34)32-21)16-8-19(28)26(30)20(29)9-16/h8-12,14,21,23,25,36H,4-7,13H2,1-3H3,(H,32,33). The Morgan fingerprint density at radius 3 is 2.63 bits per heavy atom. The molecule has 3 heterocycles. The average Bonchev–Trinajstić information content (AvgIpc) is 3.24. The minimum atomic E-state index is -1.51. The molecule has 2 N–H and O–H groups in total. The molecule has 5 rings (SSSR count). The number of nitrogens with one attached hydrogen (secondary N) is 1. The summed E-state index contributed by atoms with van der Waals surface area (Å²) in [6, 6.07) is 5.43. The summed E-state index contributed by atoms with van der Waals surface area (Å²) in [6.45, 7) is 4.73. The van der Waals surface area contributed by atoms with E-state index in [1.54, 1.807) is 13.4 Å². The summed E-state index contributed by atoms with van der Waals surface area (Å²) in [5.74, 6) is -2.92. The van der Waals surface area contributed by atoms with Gasteiger partial charge in [-0.2, -0.15) is 0 Å². The zero-order valence-electron chi connectivity index (χ0n) is 21.4. The number of benzene rings is 2. The molecule has 1 saturated heterocycles. The number of hydrogen-bond donors (Lipinski definition) is 2. The van der Waals surface area contributed by atoms with E-state index in [2.05, 4.69) is 10.5 Å². The lowest BCUT2D eigenvalue weighted by atomic mass is 9.92. The number of fused-ring (bicyclic) bond motifs is 1. The van der Waals surface area contributed by atoms with Crippen LogP contribution in [0.1, 0.15) is 66.8 Å². The minimum Gasteiger partial charge on any atom is -0.495 e. The first-order chi connectivity index (χ1) is 18.3. The summed E-state index contributed by atoms with van der Waals surface area (Å²) in [5.41, 5.74) is 6.24. The van der Waals surface area contributed by atoms with Crippen LogP contribution in [0.15, 0.2) is 41.8 Å². The van der Waals surface area contributed by atoms with Crippen molar-refractivity contribution in [1.82, 2.24) is 19.9 Å². The van der Waals surface area contributed by atoms with Gasteiger partial charge in [-0.25, -0.2) is 28.6 Å². The number of methoxy groups -OCH3 is 1. The summed E-state index contributed by atoms with van der Waals surface area (Å²) in [6.07, 6.45) is 4.16. The second kappa shape index (κ2) is 10.7. The average molecular weight is 530 g/mol. The Hall–Kier alpha value is -3.57. The molecule has 202 valence electrons. The SMILES string of the molecule is CCC(O)c1cc(-n2cnc(C)c2)c(OC)cc1C1CCCN2CC(c3cc(F)c(F)c(F)c3)ONC2=N1. The quantitative estimate of drug-likeness (QED) is 0.446. The van der Waals surface area contributed by atoms with Gasteiger partial charge in [0, 0.05) is 12.7 Å². The van der Waals surface area contributed by atoms with Crippen LogP contribution in [-0.4, -0.2) is 45.7 Å². The Morgan fingerprint density at radius 2 is 1.97 bits per heavy atom. The first kappa shape index (κ1) is 26.1. The Balaban J connectivity index is 1.47. The van der Waals surface area contributed by atoms with Gasteiger partial charge in [0.1, 0.15) is 11.9 Å². The summed E-state index contributed by atoms with van der Waals surface area (Å²) in [4.78, 5) is 16.9. The molecule has 2 aliphatic heterocycles. The molecule has 0 aliphatic carbocycles. The van der Waals surface area contributed by atoms with Crippen molar-refractivity contribution in [2.45, 2.75) is 51.4 Å². The van der Waals surface area contributed by atoms with Crippen molar-refractivity contribution >= 4 is 5.96 Å². The van der Waals surface area contributed by atoms with Crippen LogP contribution >= 0.6 is 0 Å². The van der Waals surface area contributed by atoms with Gasteiger partial charge in [0.05, 0.1) is 43.5 Å². The lowest BCUT2D eigenvalue weighted by Crippen LogP contribution is -2.49. The van der Waals surface area contributed by atoms with Crippen molar-refractivity contribution in [3.8, 4) is 11.4 Å².